The van der Waals surface area contributed by atoms with Gasteiger partial charge in [-0.05, 0) is 30.3 Å². The van der Waals surface area contributed by atoms with E-state index in [-0.39, 0.29) is 22.4 Å². The molecule has 1 amide bonds. The lowest BCUT2D eigenvalue weighted by atomic mass is 10.2. The molecule has 2 aromatic carbocycles. The van der Waals surface area contributed by atoms with Gasteiger partial charge < -0.3 is 14.2 Å². The molecule has 25 heavy (non-hydrogen) atoms. The number of para-hydroxylation sites is 1. The second-order valence-corrected chi connectivity index (χ2v) is 6.16. The van der Waals surface area contributed by atoms with E-state index in [2.05, 4.69) is 5.32 Å². The van der Waals surface area contributed by atoms with Gasteiger partial charge in [-0.1, -0.05) is 35.3 Å². The summed E-state index contributed by atoms with van der Waals surface area (Å²) in [5.41, 5.74) is 0.462. The molecule has 4 rings (SSSR count). The quantitative estimate of drug-likeness (QED) is 0.530. The van der Waals surface area contributed by atoms with Crippen LogP contribution in [0.3, 0.4) is 0 Å². The molecule has 2 heterocycles. The number of nitrogens with one attached hydrogen (secondary N) is 1. The molecular weight excluding hydrogens is 365 g/mol. The Bertz CT molecular complexity index is 1190. The van der Waals surface area contributed by atoms with Gasteiger partial charge in [0.1, 0.15) is 11.0 Å². The van der Waals surface area contributed by atoms with E-state index >= 15 is 0 Å². The highest BCUT2D eigenvalue weighted by Crippen LogP contribution is 2.27. The normalized spacial score (nSPS) is 11.1. The first-order chi connectivity index (χ1) is 12.0. The maximum absolute atomic E-state index is 12.5. The van der Waals surface area contributed by atoms with Crippen molar-refractivity contribution in [2.45, 2.75) is 0 Å². The van der Waals surface area contributed by atoms with E-state index in [1.54, 1.807) is 36.4 Å². The second-order valence-electron chi connectivity index (χ2n) is 5.32. The smallest absolute Gasteiger partial charge is 0.302 e. The highest BCUT2D eigenvalue weighted by atomic mass is 35.5. The Morgan fingerprint density at radius 3 is 2.60 bits per heavy atom. The van der Waals surface area contributed by atoms with Crippen LogP contribution in [-0.4, -0.2) is 5.91 Å². The molecule has 7 heteroatoms. The molecule has 0 unspecified atom stereocenters. The van der Waals surface area contributed by atoms with Crippen molar-refractivity contribution in [3.63, 3.8) is 0 Å². The molecule has 0 aliphatic heterocycles. The van der Waals surface area contributed by atoms with Gasteiger partial charge in [0.05, 0.1) is 16.1 Å². The molecule has 0 atom stereocenters. The Balaban J connectivity index is 1.77. The summed E-state index contributed by atoms with van der Waals surface area (Å²) in [5, 5.41) is 3.96. The monoisotopic (exact) mass is 373 g/mol. The van der Waals surface area contributed by atoms with Crippen LogP contribution in [0, 0.1) is 0 Å². The van der Waals surface area contributed by atoms with Crippen LogP contribution >= 0.6 is 23.2 Å². The first-order valence-corrected chi connectivity index (χ1v) is 8.00. The molecule has 5 nitrogen and oxygen atoms in total. The van der Waals surface area contributed by atoms with Gasteiger partial charge in [0.25, 0.3) is 5.91 Å². The molecule has 0 bridgehead atoms. The summed E-state index contributed by atoms with van der Waals surface area (Å²) in [6.45, 7) is 0. The zero-order chi connectivity index (χ0) is 17.6. The minimum atomic E-state index is -0.570. The van der Waals surface area contributed by atoms with Gasteiger partial charge in [0.2, 0.25) is 5.43 Å². The van der Waals surface area contributed by atoms with Crippen LogP contribution in [0.2, 0.25) is 10.0 Å². The van der Waals surface area contributed by atoms with Crippen molar-refractivity contribution in [2.24, 2.45) is 0 Å². The summed E-state index contributed by atoms with van der Waals surface area (Å²) >= 11 is 11.9. The minimum absolute atomic E-state index is 0.00830. The summed E-state index contributed by atoms with van der Waals surface area (Å²) in [7, 11) is 0. The number of anilines is 1. The van der Waals surface area contributed by atoms with Crippen LogP contribution in [0.5, 0.6) is 0 Å². The van der Waals surface area contributed by atoms with Gasteiger partial charge in [-0.2, -0.15) is 0 Å². The summed E-state index contributed by atoms with van der Waals surface area (Å²) in [5.74, 6) is -0.646. The van der Waals surface area contributed by atoms with Crippen molar-refractivity contribution >= 4 is 56.9 Å². The Hall–Kier alpha value is -2.76. The number of rotatable bonds is 2. The molecule has 1 N–H and O–H groups in total. The van der Waals surface area contributed by atoms with E-state index in [1.807, 2.05) is 0 Å². The standard InChI is InChI=1S/C18H9Cl2NO4/c19-9-5-6-12(20)13(7-9)21-17(23)15-8-11-16(22)10-3-1-2-4-14(10)24-18(11)25-15/h1-8H,(H,21,23). The van der Waals surface area contributed by atoms with Crippen LogP contribution in [0.15, 0.2) is 62.2 Å². The highest BCUT2D eigenvalue weighted by molar-refractivity contribution is 6.35. The van der Waals surface area contributed by atoms with Crippen LogP contribution in [-0.2, 0) is 0 Å². The molecule has 4 aromatic rings. The van der Waals surface area contributed by atoms with E-state index in [9.17, 15) is 9.59 Å². The van der Waals surface area contributed by atoms with Gasteiger partial charge in [-0.25, -0.2) is 0 Å². The number of halogens is 2. The molecule has 0 radical (unpaired) electrons. The maximum atomic E-state index is 12.5. The molecule has 124 valence electrons. The molecule has 0 fully saturated rings. The molecule has 0 saturated carbocycles. The zero-order valence-corrected chi connectivity index (χ0v) is 14.0. The van der Waals surface area contributed by atoms with Crippen molar-refractivity contribution in [3.8, 4) is 0 Å². The average Bonchev–Trinajstić information content (AvgIpc) is 3.03. The average molecular weight is 374 g/mol. The maximum Gasteiger partial charge on any atom is 0.302 e. The molecule has 0 spiro atoms. The summed E-state index contributed by atoms with van der Waals surface area (Å²) in [6.07, 6.45) is 0. The van der Waals surface area contributed by atoms with Crippen LogP contribution in [0.1, 0.15) is 10.6 Å². The lowest BCUT2D eigenvalue weighted by molar-refractivity contribution is 0.0997. The first kappa shape index (κ1) is 15.7. The van der Waals surface area contributed by atoms with Crippen molar-refractivity contribution in [1.29, 1.82) is 0 Å². The number of amides is 1. The summed E-state index contributed by atoms with van der Waals surface area (Å²) in [6, 6.07) is 12.8. The molecule has 0 aliphatic carbocycles. The predicted octanol–water partition coefficient (Wildman–Crippen LogP) is 5.10. The number of fused-ring (bicyclic) bond motifs is 2. The number of furan rings is 1. The Morgan fingerprint density at radius 2 is 1.76 bits per heavy atom. The predicted molar refractivity (Wildman–Crippen MR) is 96.7 cm³/mol. The topological polar surface area (TPSA) is 72.5 Å². The van der Waals surface area contributed by atoms with Crippen LogP contribution in [0.4, 0.5) is 5.69 Å². The fourth-order valence-electron chi connectivity index (χ4n) is 2.49. The van der Waals surface area contributed by atoms with E-state index in [0.717, 1.165) is 0 Å². The number of hydrogen-bond acceptors (Lipinski definition) is 4. The minimum Gasteiger partial charge on any atom is -0.425 e. The lowest BCUT2D eigenvalue weighted by Gasteiger charge is -2.05. The SMILES string of the molecule is O=C(Nc1cc(Cl)ccc1Cl)c1cc2c(=O)c3ccccc3oc2o1. The van der Waals surface area contributed by atoms with Gasteiger partial charge in [-0.3, -0.25) is 9.59 Å². The van der Waals surface area contributed by atoms with Gasteiger partial charge in [-0.15, -0.1) is 0 Å². The third-order valence-corrected chi connectivity index (χ3v) is 4.24. The third kappa shape index (κ3) is 2.77. The van der Waals surface area contributed by atoms with E-state index in [1.165, 1.54) is 12.1 Å². The van der Waals surface area contributed by atoms with E-state index in [4.69, 9.17) is 32.0 Å². The third-order valence-electron chi connectivity index (χ3n) is 3.68. The fraction of sp³-hybridized carbons (Fsp3) is 0. The molecule has 0 aliphatic rings. The van der Waals surface area contributed by atoms with Crippen molar-refractivity contribution < 1.29 is 13.6 Å². The largest absolute Gasteiger partial charge is 0.425 e. The Labute approximate surface area is 150 Å². The summed E-state index contributed by atoms with van der Waals surface area (Å²) < 4.78 is 11.0. The lowest BCUT2D eigenvalue weighted by Crippen LogP contribution is -2.11. The highest BCUT2D eigenvalue weighted by Gasteiger charge is 2.18. The van der Waals surface area contributed by atoms with Crippen molar-refractivity contribution in [2.75, 3.05) is 5.32 Å². The number of carbonyl (C=O) groups is 1. The summed E-state index contributed by atoms with van der Waals surface area (Å²) in [4.78, 5) is 24.9. The molecule has 0 saturated heterocycles. The molecule has 2 aromatic heterocycles. The van der Waals surface area contributed by atoms with Crippen molar-refractivity contribution in [1.82, 2.24) is 0 Å². The number of benzene rings is 2. The zero-order valence-electron chi connectivity index (χ0n) is 12.5. The Morgan fingerprint density at radius 1 is 0.960 bits per heavy atom. The van der Waals surface area contributed by atoms with Crippen molar-refractivity contribution in [3.05, 3.63) is 74.6 Å². The number of carbonyl (C=O) groups excluding carboxylic acids is 1. The van der Waals surface area contributed by atoms with Gasteiger partial charge in [0, 0.05) is 11.1 Å². The Kier molecular flexibility index (Phi) is 3.75. The van der Waals surface area contributed by atoms with Crippen LogP contribution in [0.25, 0.3) is 22.1 Å². The second kappa shape index (κ2) is 5.95. The number of hydrogen-bond donors (Lipinski definition) is 1. The van der Waals surface area contributed by atoms with E-state index < -0.39 is 5.91 Å². The van der Waals surface area contributed by atoms with Crippen LogP contribution < -0.4 is 10.7 Å². The molecular formula is C18H9Cl2NO4. The van der Waals surface area contributed by atoms with Gasteiger partial charge in [0.15, 0.2) is 5.76 Å². The van der Waals surface area contributed by atoms with E-state index in [0.29, 0.717) is 26.7 Å². The first-order valence-electron chi connectivity index (χ1n) is 7.25. The fourth-order valence-corrected chi connectivity index (χ4v) is 2.82. The van der Waals surface area contributed by atoms with Gasteiger partial charge >= 0.3 is 5.78 Å².